The van der Waals surface area contributed by atoms with Gasteiger partial charge in [-0.15, -0.1) is 12.4 Å². The molecule has 0 amide bonds. The number of hydrogen-bond acceptors (Lipinski definition) is 1. The van der Waals surface area contributed by atoms with E-state index in [1.807, 2.05) is 6.92 Å². The summed E-state index contributed by atoms with van der Waals surface area (Å²) >= 11 is 0. The van der Waals surface area contributed by atoms with E-state index in [0.717, 1.165) is 19.5 Å². The molecule has 0 spiro atoms. The number of rotatable bonds is 2. The fraction of sp³-hybridized carbons (Fsp3) is 0.857. The van der Waals surface area contributed by atoms with Crippen LogP contribution in [-0.4, -0.2) is 36.1 Å². The van der Waals surface area contributed by atoms with Crippen molar-refractivity contribution in [3.05, 3.63) is 6.92 Å². The second kappa shape index (κ2) is 32.4. The van der Waals surface area contributed by atoms with Gasteiger partial charge in [0.2, 0.25) is 0 Å². The fourth-order valence-corrected chi connectivity index (χ4v) is 0.250. The van der Waals surface area contributed by atoms with Gasteiger partial charge in [0.05, 0.1) is 0 Å². The summed E-state index contributed by atoms with van der Waals surface area (Å²) in [6, 6.07) is 0. The van der Waals surface area contributed by atoms with Crippen LogP contribution >= 0.6 is 12.4 Å². The van der Waals surface area contributed by atoms with E-state index in [2.05, 4.69) is 26.1 Å². The molecule has 60 valence electrons. The van der Waals surface area contributed by atoms with E-state index in [1.165, 1.54) is 0 Å². The maximum atomic E-state index is 3.49. The molecule has 0 atom stereocenters. The first-order valence-corrected chi connectivity index (χ1v) is 3.33. The minimum atomic E-state index is 0. The minimum absolute atomic E-state index is 0. The Morgan fingerprint density at radius 2 is 1.30 bits per heavy atom. The Morgan fingerprint density at radius 3 is 1.30 bits per heavy atom. The zero-order valence-corrected chi connectivity index (χ0v) is 9.67. The second-order valence-corrected chi connectivity index (χ2v) is 1.46. The third kappa shape index (κ3) is 63.7. The molecule has 0 aromatic rings. The van der Waals surface area contributed by atoms with Crippen LogP contribution in [0.15, 0.2) is 0 Å². The SMILES string of the molecule is CCNCC.Cl.[CH2-]CC.[Mg+2]. The fourth-order valence-electron chi connectivity index (χ4n) is 0.250. The molecule has 0 saturated carbocycles. The van der Waals surface area contributed by atoms with Crippen molar-refractivity contribution in [2.75, 3.05) is 13.1 Å². The zero-order valence-electron chi connectivity index (χ0n) is 7.44. The first kappa shape index (κ1) is 22.5. The molecule has 0 aliphatic rings. The van der Waals surface area contributed by atoms with Crippen LogP contribution in [0, 0.1) is 6.92 Å². The predicted octanol–water partition coefficient (Wildman–Crippen LogP) is 1.89. The summed E-state index contributed by atoms with van der Waals surface area (Å²) in [4.78, 5) is 0. The third-order valence-electron chi connectivity index (χ3n) is 0.500. The van der Waals surface area contributed by atoms with Gasteiger partial charge in [-0.05, 0) is 13.1 Å². The Morgan fingerprint density at radius 1 is 1.10 bits per heavy atom. The van der Waals surface area contributed by atoms with Crippen LogP contribution in [0.2, 0.25) is 0 Å². The van der Waals surface area contributed by atoms with Gasteiger partial charge in [-0.25, -0.2) is 0 Å². The molecule has 0 radical (unpaired) electrons. The standard InChI is InChI=1S/C4H11N.C3H7.ClH.Mg/c1-3-5-4-2;1-3-2;;/h5H,3-4H2,1-2H3;1,3H2,2H3;1H;/q;-1;;+2. The van der Waals surface area contributed by atoms with Crippen LogP contribution in [0.5, 0.6) is 0 Å². The van der Waals surface area contributed by atoms with Gasteiger partial charge in [0.25, 0.3) is 0 Å². The summed E-state index contributed by atoms with van der Waals surface area (Å²) in [6.07, 6.45) is 1.00. The van der Waals surface area contributed by atoms with Crippen molar-refractivity contribution >= 4 is 35.5 Å². The van der Waals surface area contributed by atoms with Crippen LogP contribution in [0.25, 0.3) is 0 Å². The van der Waals surface area contributed by atoms with E-state index in [4.69, 9.17) is 0 Å². The number of hydrogen-bond donors (Lipinski definition) is 1. The maximum Gasteiger partial charge on any atom is 2.00 e. The molecule has 0 aliphatic carbocycles. The molecule has 1 N–H and O–H groups in total. The van der Waals surface area contributed by atoms with Gasteiger partial charge in [-0.2, -0.15) is 6.42 Å². The van der Waals surface area contributed by atoms with E-state index in [-0.39, 0.29) is 35.5 Å². The Bertz CT molecular complexity index is 27.6. The molecule has 0 aromatic heterocycles. The van der Waals surface area contributed by atoms with E-state index in [9.17, 15) is 0 Å². The zero-order chi connectivity index (χ0) is 6.83. The second-order valence-electron chi connectivity index (χ2n) is 1.46. The van der Waals surface area contributed by atoms with Crippen LogP contribution in [0.4, 0.5) is 0 Å². The first-order valence-electron chi connectivity index (χ1n) is 3.33. The molecule has 10 heavy (non-hydrogen) atoms. The van der Waals surface area contributed by atoms with Gasteiger partial charge in [0.1, 0.15) is 0 Å². The Labute approximate surface area is 87.9 Å². The summed E-state index contributed by atoms with van der Waals surface area (Å²) < 4.78 is 0. The van der Waals surface area contributed by atoms with Gasteiger partial charge in [0, 0.05) is 0 Å². The van der Waals surface area contributed by atoms with Crippen molar-refractivity contribution in [2.45, 2.75) is 27.2 Å². The van der Waals surface area contributed by atoms with Crippen molar-refractivity contribution < 1.29 is 0 Å². The van der Waals surface area contributed by atoms with E-state index >= 15 is 0 Å². The average Bonchev–Trinajstić information content (AvgIpc) is 1.71. The smallest absolute Gasteiger partial charge is 0.344 e. The summed E-state index contributed by atoms with van der Waals surface area (Å²) in [5, 5.41) is 3.11. The van der Waals surface area contributed by atoms with E-state index in [1.54, 1.807) is 0 Å². The summed E-state index contributed by atoms with van der Waals surface area (Å²) in [7, 11) is 0. The molecule has 0 unspecified atom stereocenters. The van der Waals surface area contributed by atoms with Gasteiger partial charge >= 0.3 is 23.1 Å². The Hall–Kier alpha value is 1.02. The van der Waals surface area contributed by atoms with E-state index in [0.29, 0.717) is 0 Å². The number of halogens is 1. The summed E-state index contributed by atoms with van der Waals surface area (Å²) in [5.74, 6) is 0. The topological polar surface area (TPSA) is 12.0 Å². The average molecular weight is 177 g/mol. The first-order chi connectivity index (χ1) is 3.83. The largest absolute Gasteiger partial charge is 2.00 e. The number of nitrogens with one attached hydrogen (secondary N) is 1. The van der Waals surface area contributed by atoms with Crippen molar-refractivity contribution in [1.82, 2.24) is 5.32 Å². The molecule has 0 fully saturated rings. The van der Waals surface area contributed by atoms with Crippen molar-refractivity contribution in [2.24, 2.45) is 0 Å². The quantitative estimate of drug-likeness (QED) is 0.501. The predicted molar refractivity (Wildman–Crippen MR) is 52.9 cm³/mol. The molecule has 0 bridgehead atoms. The minimum Gasteiger partial charge on any atom is -0.344 e. The molecular formula is C7H19ClMgN+. The molecule has 3 heteroatoms. The molecule has 0 rings (SSSR count). The van der Waals surface area contributed by atoms with Gasteiger partial charge in [0.15, 0.2) is 0 Å². The third-order valence-corrected chi connectivity index (χ3v) is 0.500. The summed E-state index contributed by atoms with van der Waals surface area (Å²) in [6.45, 7) is 11.9. The molecule has 1 nitrogen and oxygen atoms in total. The van der Waals surface area contributed by atoms with E-state index < -0.39 is 0 Å². The summed E-state index contributed by atoms with van der Waals surface area (Å²) in [5.41, 5.74) is 0. The molecular weight excluding hydrogens is 158 g/mol. The Balaban J connectivity index is -0.0000000326. The molecule has 0 aromatic carbocycles. The van der Waals surface area contributed by atoms with Crippen molar-refractivity contribution in [3.63, 3.8) is 0 Å². The molecule has 0 saturated heterocycles. The van der Waals surface area contributed by atoms with Gasteiger partial charge in [-0.3, -0.25) is 0 Å². The van der Waals surface area contributed by atoms with Crippen LogP contribution in [0.1, 0.15) is 27.2 Å². The van der Waals surface area contributed by atoms with Crippen molar-refractivity contribution in [1.29, 1.82) is 0 Å². The van der Waals surface area contributed by atoms with Crippen LogP contribution in [0.3, 0.4) is 0 Å². The maximum absolute atomic E-state index is 3.49. The molecule has 0 aliphatic heterocycles. The monoisotopic (exact) mass is 176 g/mol. The van der Waals surface area contributed by atoms with Crippen LogP contribution < -0.4 is 5.32 Å². The normalized spacial score (nSPS) is 6.00. The molecule has 0 heterocycles. The van der Waals surface area contributed by atoms with Crippen molar-refractivity contribution in [3.8, 4) is 0 Å². The van der Waals surface area contributed by atoms with Crippen LogP contribution in [-0.2, 0) is 0 Å². The van der Waals surface area contributed by atoms with Gasteiger partial charge in [-0.1, -0.05) is 20.8 Å². The van der Waals surface area contributed by atoms with Gasteiger partial charge < -0.3 is 12.2 Å². The Kier molecular flexibility index (Phi) is 72.6.